The molecular weight excluding hydrogens is 250 g/mol. The summed E-state index contributed by atoms with van der Waals surface area (Å²) < 4.78 is 1.66. The molecule has 2 aromatic heterocycles. The first-order valence-corrected chi connectivity index (χ1v) is 6.35. The molecule has 0 saturated carbocycles. The highest BCUT2D eigenvalue weighted by atomic mass is 35.5. The number of fused-ring (bicyclic) bond motifs is 3. The first kappa shape index (κ1) is 11.3. The largest absolute Gasteiger partial charge is 0.361 e. The molecule has 0 aliphatic heterocycles. The lowest BCUT2D eigenvalue weighted by molar-refractivity contribution is -0.362. The predicted molar refractivity (Wildman–Crippen MR) is 72.1 cm³/mol. The topological polar surface area (TPSA) is 51.9 Å². The number of hydrogen-bond donors (Lipinski definition) is 1. The van der Waals surface area contributed by atoms with E-state index in [1.54, 1.807) is 4.57 Å². The highest BCUT2D eigenvalue weighted by Gasteiger charge is 2.18. The lowest BCUT2D eigenvalue weighted by atomic mass is 10.2. The van der Waals surface area contributed by atoms with Crippen LogP contribution in [0.5, 0.6) is 0 Å². The van der Waals surface area contributed by atoms with Crippen LogP contribution in [0.3, 0.4) is 0 Å². The number of para-hydroxylation sites is 1. The molecule has 0 saturated heterocycles. The lowest BCUT2D eigenvalue weighted by Crippen LogP contribution is -2.31. The average Bonchev–Trinajstić information content (AvgIpc) is 2.74. The van der Waals surface area contributed by atoms with Crippen LogP contribution in [0, 0.1) is 6.92 Å². The molecule has 0 aliphatic rings. The van der Waals surface area contributed by atoms with E-state index in [0.29, 0.717) is 17.9 Å². The van der Waals surface area contributed by atoms with Crippen molar-refractivity contribution >= 4 is 33.5 Å². The van der Waals surface area contributed by atoms with Crippen LogP contribution in [-0.2, 0) is 6.54 Å². The summed E-state index contributed by atoms with van der Waals surface area (Å²) in [5, 5.41) is 1.03. The number of benzene rings is 1. The average molecular weight is 263 g/mol. The lowest BCUT2D eigenvalue weighted by Gasteiger charge is -1.99. The van der Waals surface area contributed by atoms with Crippen molar-refractivity contribution in [2.45, 2.75) is 13.5 Å². The van der Waals surface area contributed by atoms with E-state index in [0.717, 1.165) is 22.2 Å². The number of aryl methyl sites for hydroxylation is 1. The molecule has 0 aliphatic carbocycles. The molecule has 0 fully saturated rings. The fourth-order valence-corrected chi connectivity index (χ4v) is 2.49. The van der Waals surface area contributed by atoms with Crippen molar-refractivity contribution < 1.29 is 4.98 Å². The molecule has 2 N–H and O–H groups in total. The van der Waals surface area contributed by atoms with Gasteiger partial charge in [-0.2, -0.15) is 4.57 Å². The number of nitrogens with zero attached hydrogens (tertiary/aromatic N) is 1. The van der Waals surface area contributed by atoms with E-state index in [2.05, 4.69) is 9.97 Å². The van der Waals surface area contributed by atoms with Gasteiger partial charge in [0.05, 0.1) is 11.4 Å². The Balaban J connectivity index is 2.46. The van der Waals surface area contributed by atoms with Gasteiger partial charge < -0.3 is 4.98 Å². The van der Waals surface area contributed by atoms with E-state index in [9.17, 15) is 4.79 Å². The van der Waals surface area contributed by atoms with Crippen LogP contribution < -0.4 is 10.5 Å². The summed E-state index contributed by atoms with van der Waals surface area (Å²) in [6, 6.07) is 7.87. The molecule has 18 heavy (non-hydrogen) atoms. The Hall–Kier alpha value is -1.81. The van der Waals surface area contributed by atoms with Gasteiger partial charge in [0.1, 0.15) is 6.54 Å². The summed E-state index contributed by atoms with van der Waals surface area (Å²) in [4.78, 5) is 18.8. The molecule has 0 spiro atoms. The minimum atomic E-state index is -0.0295. The van der Waals surface area contributed by atoms with Crippen molar-refractivity contribution in [1.82, 2.24) is 9.55 Å². The van der Waals surface area contributed by atoms with Crippen LogP contribution in [0.1, 0.15) is 5.82 Å². The second-order valence-corrected chi connectivity index (χ2v) is 4.65. The third kappa shape index (κ3) is 1.53. The molecule has 0 unspecified atom stereocenters. The number of hydrogen-bond acceptors (Lipinski definition) is 1. The molecule has 1 aromatic carbocycles. The standard InChI is InChI=1S/C13H12ClN3O/c1-8-15-11-9-4-2-3-5-10(9)16-12(11)13(18)17(8)7-6-14/h2-5,16H,6-7H2,1H3/p+1. The third-order valence-corrected chi connectivity index (χ3v) is 3.35. The van der Waals surface area contributed by atoms with Crippen LogP contribution in [0.4, 0.5) is 0 Å². The van der Waals surface area contributed by atoms with Gasteiger partial charge in [-0.15, -0.1) is 11.6 Å². The third-order valence-electron chi connectivity index (χ3n) is 3.18. The van der Waals surface area contributed by atoms with Crippen molar-refractivity contribution in [1.29, 1.82) is 0 Å². The molecule has 4 nitrogen and oxygen atoms in total. The van der Waals surface area contributed by atoms with Crippen molar-refractivity contribution in [3.8, 4) is 0 Å². The van der Waals surface area contributed by atoms with Gasteiger partial charge in [0.15, 0.2) is 11.0 Å². The maximum absolute atomic E-state index is 12.4. The van der Waals surface area contributed by atoms with Crippen LogP contribution in [-0.4, -0.2) is 15.4 Å². The molecule has 3 rings (SSSR count). The Bertz CT molecular complexity index is 788. The minimum Gasteiger partial charge on any atom is -0.345 e. The Morgan fingerprint density at radius 3 is 2.94 bits per heavy atom. The second-order valence-electron chi connectivity index (χ2n) is 4.28. The number of nitrogens with one attached hydrogen (secondary N) is 2. The van der Waals surface area contributed by atoms with Crippen LogP contribution in [0.2, 0.25) is 0 Å². The SMILES string of the molecule is Cc1[nH+]c2c([nH]c3ccccc32)c(=O)n1CCCl. The maximum atomic E-state index is 12.4. The second kappa shape index (κ2) is 4.14. The first-order chi connectivity index (χ1) is 8.72. The maximum Gasteiger partial charge on any atom is 0.361 e. The molecular formula is C13H13ClN3O+. The zero-order valence-corrected chi connectivity index (χ0v) is 10.7. The summed E-state index contributed by atoms with van der Waals surface area (Å²) >= 11 is 5.73. The van der Waals surface area contributed by atoms with E-state index in [4.69, 9.17) is 11.6 Å². The van der Waals surface area contributed by atoms with E-state index in [1.165, 1.54) is 0 Å². The molecule has 92 valence electrons. The van der Waals surface area contributed by atoms with Crippen molar-refractivity contribution in [2.24, 2.45) is 0 Å². The zero-order valence-electron chi connectivity index (χ0n) is 9.96. The molecule has 3 aromatic rings. The summed E-state index contributed by atoms with van der Waals surface area (Å²) in [5.74, 6) is 1.23. The van der Waals surface area contributed by atoms with Gasteiger partial charge in [-0.3, -0.25) is 0 Å². The Labute approximate surface area is 108 Å². The summed E-state index contributed by atoms with van der Waals surface area (Å²) in [6.45, 7) is 2.39. The number of alkyl halides is 1. The Morgan fingerprint density at radius 2 is 2.17 bits per heavy atom. The fourth-order valence-electron chi connectivity index (χ4n) is 2.32. The number of halogens is 1. The smallest absolute Gasteiger partial charge is 0.345 e. The number of aromatic amines is 2. The molecule has 2 heterocycles. The van der Waals surface area contributed by atoms with Gasteiger partial charge >= 0.3 is 5.56 Å². The molecule has 0 bridgehead atoms. The van der Waals surface area contributed by atoms with E-state index in [-0.39, 0.29) is 5.56 Å². The van der Waals surface area contributed by atoms with Crippen LogP contribution in [0.15, 0.2) is 29.1 Å². The van der Waals surface area contributed by atoms with E-state index < -0.39 is 0 Å². The van der Waals surface area contributed by atoms with Gasteiger partial charge in [0.2, 0.25) is 0 Å². The highest BCUT2D eigenvalue weighted by Crippen LogP contribution is 2.19. The van der Waals surface area contributed by atoms with Gasteiger partial charge in [-0.25, -0.2) is 9.78 Å². The van der Waals surface area contributed by atoms with Gasteiger partial charge in [-0.05, 0) is 12.1 Å². The molecule has 0 radical (unpaired) electrons. The normalized spacial score (nSPS) is 11.4. The predicted octanol–water partition coefficient (Wildman–Crippen LogP) is 1.84. The van der Waals surface area contributed by atoms with Crippen LogP contribution in [0.25, 0.3) is 21.9 Å². The summed E-state index contributed by atoms with van der Waals surface area (Å²) in [6.07, 6.45) is 0. The quantitative estimate of drug-likeness (QED) is 0.704. The van der Waals surface area contributed by atoms with Crippen LogP contribution >= 0.6 is 11.6 Å². The minimum absolute atomic E-state index is 0.0295. The monoisotopic (exact) mass is 262 g/mol. The highest BCUT2D eigenvalue weighted by molar-refractivity contribution is 6.17. The Morgan fingerprint density at radius 1 is 1.39 bits per heavy atom. The number of aromatic nitrogens is 3. The van der Waals surface area contributed by atoms with Gasteiger partial charge in [-0.1, -0.05) is 12.1 Å². The molecule has 0 amide bonds. The van der Waals surface area contributed by atoms with E-state index in [1.807, 2.05) is 31.2 Å². The Kier molecular flexibility index (Phi) is 2.59. The number of H-pyrrole nitrogens is 2. The first-order valence-electron chi connectivity index (χ1n) is 5.81. The summed E-state index contributed by atoms with van der Waals surface area (Å²) in [7, 11) is 0. The van der Waals surface area contributed by atoms with Crippen molar-refractivity contribution in [3.63, 3.8) is 0 Å². The zero-order chi connectivity index (χ0) is 12.7. The molecule has 0 atom stereocenters. The van der Waals surface area contributed by atoms with Gasteiger partial charge in [0.25, 0.3) is 5.82 Å². The molecule has 5 heteroatoms. The fraction of sp³-hybridized carbons (Fsp3) is 0.231. The summed E-state index contributed by atoms with van der Waals surface area (Å²) in [5.41, 5.74) is 2.40. The van der Waals surface area contributed by atoms with Crippen molar-refractivity contribution in [3.05, 3.63) is 40.4 Å². The van der Waals surface area contributed by atoms with Gasteiger partial charge in [0, 0.05) is 12.3 Å². The van der Waals surface area contributed by atoms with E-state index >= 15 is 0 Å². The number of rotatable bonds is 2. The van der Waals surface area contributed by atoms with Crippen molar-refractivity contribution in [2.75, 3.05) is 5.88 Å².